The maximum Gasteiger partial charge on any atom is 0.248 e. The van der Waals surface area contributed by atoms with Crippen LogP contribution in [0.5, 0.6) is 17.2 Å². The first-order chi connectivity index (χ1) is 14.7. The Morgan fingerprint density at radius 2 is 1.53 bits per heavy atom. The number of para-hydroxylation sites is 1. The lowest BCUT2D eigenvalue weighted by Crippen LogP contribution is -2.08. The van der Waals surface area contributed by atoms with E-state index in [2.05, 4.69) is 5.32 Å². The van der Waals surface area contributed by atoms with Crippen LogP contribution in [0.2, 0.25) is 0 Å². The fourth-order valence-electron chi connectivity index (χ4n) is 2.87. The molecule has 1 amide bonds. The van der Waals surface area contributed by atoms with Crippen molar-refractivity contribution in [3.63, 3.8) is 0 Å². The number of carbonyl (C=O) groups excluding carboxylic acids is 1. The van der Waals surface area contributed by atoms with E-state index in [0.29, 0.717) is 22.8 Å². The molecule has 0 spiro atoms. The van der Waals surface area contributed by atoms with Crippen LogP contribution in [0, 0.1) is 0 Å². The molecule has 0 aromatic heterocycles. The Labute approximate surface area is 180 Å². The second-order valence-corrected chi connectivity index (χ2v) is 7.27. The van der Waals surface area contributed by atoms with Crippen molar-refractivity contribution in [1.29, 1.82) is 0 Å². The molecule has 3 rings (SSSR count). The van der Waals surface area contributed by atoms with Gasteiger partial charge in [-0.05, 0) is 42.5 Å². The normalized spacial score (nSPS) is 10.6. The van der Waals surface area contributed by atoms with Gasteiger partial charge in [0.15, 0.2) is 11.5 Å². The lowest BCUT2D eigenvalue weighted by atomic mass is 10.1. The number of ether oxygens (including phenoxy) is 3. The molecule has 0 atom stereocenters. The summed E-state index contributed by atoms with van der Waals surface area (Å²) >= 11 is 1.60. The number of rotatable bonds is 8. The molecule has 3 aromatic rings. The van der Waals surface area contributed by atoms with Gasteiger partial charge in [-0.3, -0.25) is 4.79 Å². The lowest BCUT2D eigenvalue weighted by Gasteiger charge is -2.14. The molecule has 0 unspecified atom stereocenters. The van der Waals surface area contributed by atoms with Crippen LogP contribution in [0.25, 0.3) is 6.08 Å². The first kappa shape index (κ1) is 21.3. The van der Waals surface area contributed by atoms with Gasteiger partial charge in [0.2, 0.25) is 11.7 Å². The molecule has 154 valence electrons. The van der Waals surface area contributed by atoms with Gasteiger partial charge in [-0.1, -0.05) is 42.1 Å². The zero-order valence-corrected chi connectivity index (χ0v) is 17.9. The van der Waals surface area contributed by atoms with E-state index in [1.807, 2.05) is 60.7 Å². The number of anilines is 1. The summed E-state index contributed by atoms with van der Waals surface area (Å²) in [7, 11) is 4.65. The number of carbonyl (C=O) groups is 1. The van der Waals surface area contributed by atoms with Crippen molar-refractivity contribution >= 4 is 29.4 Å². The average molecular weight is 422 g/mol. The van der Waals surface area contributed by atoms with E-state index < -0.39 is 0 Å². The predicted molar refractivity (Wildman–Crippen MR) is 121 cm³/mol. The Bertz CT molecular complexity index is 1030. The molecule has 0 fully saturated rings. The molecule has 3 aromatic carbocycles. The Morgan fingerprint density at radius 3 is 2.23 bits per heavy atom. The van der Waals surface area contributed by atoms with Gasteiger partial charge >= 0.3 is 0 Å². The van der Waals surface area contributed by atoms with Crippen LogP contribution in [0.15, 0.2) is 82.6 Å². The van der Waals surface area contributed by atoms with Crippen molar-refractivity contribution in [3.8, 4) is 17.2 Å². The molecule has 0 saturated carbocycles. The fourth-order valence-corrected chi connectivity index (χ4v) is 3.79. The molecule has 6 heteroatoms. The third-order valence-corrected chi connectivity index (χ3v) is 5.35. The summed E-state index contributed by atoms with van der Waals surface area (Å²) in [4.78, 5) is 14.6. The van der Waals surface area contributed by atoms with Gasteiger partial charge in [0.05, 0.1) is 27.0 Å². The quantitative estimate of drug-likeness (QED) is 0.486. The highest BCUT2D eigenvalue weighted by molar-refractivity contribution is 7.99. The highest BCUT2D eigenvalue weighted by Gasteiger charge is 2.14. The minimum absolute atomic E-state index is 0.243. The van der Waals surface area contributed by atoms with Gasteiger partial charge in [-0.15, -0.1) is 0 Å². The van der Waals surface area contributed by atoms with Crippen LogP contribution in [0.1, 0.15) is 5.56 Å². The largest absolute Gasteiger partial charge is 0.493 e. The molecule has 0 heterocycles. The molecule has 0 bridgehead atoms. The van der Waals surface area contributed by atoms with Crippen LogP contribution in [0.4, 0.5) is 5.69 Å². The van der Waals surface area contributed by atoms with E-state index in [1.165, 1.54) is 6.08 Å². The van der Waals surface area contributed by atoms with Gasteiger partial charge in [0, 0.05) is 21.4 Å². The van der Waals surface area contributed by atoms with Crippen molar-refractivity contribution < 1.29 is 19.0 Å². The van der Waals surface area contributed by atoms with Crippen molar-refractivity contribution in [2.75, 3.05) is 26.6 Å². The molecular weight excluding hydrogens is 398 g/mol. The van der Waals surface area contributed by atoms with E-state index in [4.69, 9.17) is 14.2 Å². The highest BCUT2D eigenvalue weighted by Crippen LogP contribution is 2.40. The summed E-state index contributed by atoms with van der Waals surface area (Å²) in [5, 5.41) is 2.95. The fraction of sp³-hybridized carbons (Fsp3) is 0.125. The Balaban J connectivity index is 1.78. The third-order valence-electron chi connectivity index (χ3n) is 4.26. The molecule has 1 N–H and O–H groups in total. The molecule has 0 aliphatic heterocycles. The zero-order chi connectivity index (χ0) is 21.3. The number of hydrogen-bond donors (Lipinski definition) is 1. The second-order valence-electron chi connectivity index (χ2n) is 6.16. The first-order valence-electron chi connectivity index (χ1n) is 9.26. The lowest BCUT2D eigenvalue weighted by molar-refractivity contribution is -0.111. The number of hydrogen-bond acceptors (Lipinski definition) is 5. The minimum Gasteiger partial charge on any atom is -0.493 e. The maximum absolute atomic E-state index is 12.6. The van der Waals surface area contributed by atoms with Crippen molar-refractivity contribution in [2.24, 2.45) is 0 Å². The Hall–Kier alpha value is -3.38. The van der Waals surface area contributed by atoms with E-state index in [0.717, 1.165) is 15.5 Å². The number of methoxy groups -OCH3 is 3. The topological polar surface area (TPSA) is 56.8 Å². The molecule has 0 aliphatic rings. The van der Waals surface area contributed by atoms with Crippen LogP contribution >= 0.6 is 11.8 Å². The summed E-state index contributed by atoms with van der Waals surface area (Å²) in [6.45, 7) is 0. The van der Waals surface area contributed by atoms with E-state index in [-0.39, 0.29) is 5.91 Å². The van der Waals surface area contributed by atoms with E-state index >= 15 is 0 Å². The van der Waals surface area contributed by atoms with Crippen LogP contribution in [-0.4, -0.2) is 27.2 Å². The summed E-state index contributed by atoms with van der Waals surface area (Å²) in [6, 6.07) is 21.3. The predicted octanol–water partition coefficient (Wildman–Crippen LogP) is 5.52. The minimum atomic E-state index is -0.243. The summed E-state index contributed by atoms with van der Waals surface area (Å²) in [5.41, 5.74) is 1.46. The van der Waals surface area contributed by atoms with Crippen LogP contribution < -0.4 is 19.5 Å². The SMILES string of the molecule is COc1ccc(/C=C/C(=O)Nc2ccccc2Sc2ccccc2)c(OC)c1OC. The molecular formula is C24H23NO4S. The van der Waals surface area contributed by atoms with Gasteiger partial charge in [-0.2, -0.15) is 0 Å². The molecule has 0 saturated heterocycles. The van der Waals surface area contributed by atoms with Gasteiger partial charge in [-0.25, -0.2) is 0 Å². The number of amides is 1. The second kappa shape index (κ2) is 10.4. The first-order valence-corrected chi connectivity index (χ1v) is 10.1. The van der Waals surface area contributed by atoms with Crippen molar-refractivity contribution in [2.45, 2.75) is 9.79 Å². The monoisotopic (exact) mass is 421 g/mol. The standard InChI is InChI=1S/C24H23NO4S/c1-27-20-15-13-17(23(28-2)24(20)29-3)14-16-22(26)25-19-11-7-8-12-21(19)30-18-9-5-4-6-10-18/h4-16H,1-3H3,(H,25,26)/b16-14+. The van der Waals surface area contributed by atoms with Crippen LogP contribution in [-0.2, 0) is 4.79 Å². The zero-order valence-electron chi connectivity index (χ0n) is 17.0. The Kier molecular flexibility index (Phi) is 7.40. The molecule has 30 heavy (non-hydrogen) atoms. The summed E-state index contributed by atoms with van der Waals surface area (Å²) < 4.78 is 16.1. The summed E-state index contributed by atoms with van der Waals surface area (Å²) in [5.74, 6) is 1.30. The van der Waals surface area contributed by atoms with E-state index in [1.54, 1.807) is 45.2 Å². The average Bonchev–Trinajstić information content (AvgIpc) is 2.78. The van der Waals surface area contributed by atoms with Crippen molar-refractivity contribution in [1.82, 2.24) is 0 Å². The highest BCUT2D eigenvalue weighted by atomic mass is 32.2. The number of benzene rings is 3. The Morgan fingerprint density at radius 1 is 0.833 bits per heavy atom. The van der Waals surface area contributed by atoms with E-state index in [9.17, 15) is 4.79 Å². The summed E-state index contributed by atoms with van der Waals surface area (Å²) in [6.07, 6.45) is 3.15. The van der Waals surface area contributed by atoms with Gasteiger partial charge in [0.1, 0.15) is 0 Å². The molecule has 0 radical (unpaired) electrons. The molecule has 5 nitrogen and oxygen atoms in total. The number of nitrogens with one attached hydrogen (secondary N) is 1. The third kappa shape index (κ3) is 5.15. The van der Waals surface area contributed by atoms with Gasteiger partial charge < -0.3 is 19.5 Å². The van der Waals surface area contributed by atoms with Crippen molar-refractivity contribution in [3.05, 3.63) is 78.4 Å². The van der Waals surface area contributed by atoms with Crippen LogP contribution in [0.3, 0.4) is 0 Å². The smallest absolute Gasteiger partial charge is 0.248 e. The van der Waals surface area contributed by atoms with Gasteiger partial charge in [0.25, 0.3) is 0 Å². The maximum atomic E-state index is 12.6. The molecule has 0 aliphatic carbocycles.